The number of hydrogen-bond donors (Lipinski definition) is 2. The Hall–Kier alpha value is -1.91. The second-order valence-corrected chi connectivity index (χ2v) is 4.94. The van der Waals surface area contributed by atoms with Crippen LogP contribution < -0.4 is 5.32 Å². The molecular weight excluding hydrogens is 237 g/mol. The summed E-state index contributed by atoms with van der Waals surface area (Å²) in [7, 11) is 0. The Morgan fingerprint density at radius 2 is 2.22 bits per heavy atom. The lowest BCUT2D eigenvalue weighted by Crippen LogP contribution is -2.43. The Morgan fingerprint density at radius 3 is 2.83 bits per heavy atom. The summed E-state index contributed by atoms with van der Waals surface area (Å²) in [6, 6.07) is 5.25. The number of hydrogen-bond acceptors (Lipinski definition) is 2. The van der Waals surface area contributed by atoms with Crippen molar-refractivity contribution < 1.29 is 19.1 Å². The molecular formula is C13H14FNO3. The van der Waals surface area contributed by atoms with Crippen LogP contribution >= 0.6 is 0 Å². The molecule has 1 fully saturated rings. The summed E-state index contributed by atoms with van der Waals surface area (Å²) < 4.78 is 13.6. The van der Waals surface area contributed by atoms with Crippen molar-refractivity contribution in [3.8, 4) is 0 Å². The van der Waals surface area contributed by atoms with E-state index in [0.717, 1.165) is 0 Å². The van der Waals surface area contributed by atoms with E-state index in [4.69, 9.17) is 5.11 Å². The number of carbonyl (C=O) groups excluding carboxylic acids is 1. The van der Waals surface area contributed by atoms with Gasteiger partial charge in [0.1, 0.15) is 11.9 Å². The van der Waals surface area contributed by atoms with E-state index in [0.29, 0.717) is 5.56 Å². The maximum atomic E-state index is 13.6. The van der Waals surface area contributed by atoms with E-state index in [9.17, 15) is 14.0 Å². The highest BCUT2D eigenvalue weighted by molar-refractivity contribution is 5.89. The molecule has 0 aromatic heterocycles. The second-order valence-electron chi connectivity index (χ2n) is 4.94. The minimum Gasteiger partial charge on any atom is -0.480 e. The zero-order valence-electron chi connectivity index (χ0n) is 9.94. The molecule has 0 radical (unpaired) electrons. The van der Waals surface area contributed by atoms with E-state index in [2.05, 4.69) is 5.32 Å². The molecule has 96 valence electrons. The van der Waals surface area contributed by atoms with Gasteiger partial charge in [0.15, 0.2) is 0 Å². The van der Waals surface area contributed by atoms with E-state index >= 15 is 0 Å². The highest BCUT2D eigenvalue weighted by atomic mass is 19.1. The number of carboxylic acids is 1. The first-order chi connectivity index (χ1) is 8.42. The minimum atomic E-state index is -1.08. The standard InChI is InChI=1S/C13H14FNO3/c1-13(6-8-4-2-3-5-9(8)14)7-10(16)15-11(13)12(17)18/h2-5,11H,6-7H2,1H3,(H,15,16)(H,17,18). The lowest BCUT2D eigenvalue weighted by Gasteiger charge is -2.27. The van der Waals surface area contributed by atoms with Crippen molar-refractivity contribution in [2.75, 3.05) is 0 Å². The highest BCUT2D eigenvalue weighted by Crippen LogP contribution is 2.36. The molecule has 2 N–H and O–H groups in total. The van der Waals surface area contributed by atoms with Crippen LogP contribution in [0.2, 0.25) is 0 Å². The van der Waals surface area contributed by atoms with E-state index in [1.54, 1.807) is 25.1 Å². The molecule has 5 heteroatoms. The molecule has 1 amide bonds. The van der Waals surface area contributed by atoms with Crippen LogP contribution in [0.3, 0.4) is 0 Å². The monoisotopic (exact) mass is 251 g/mol. The Labute approximate surface area is 104 Å². The van der Waals surface area contributed by atoms with Gasteiger partial charge in [0, 0.05) is 11.8 Å². The van der Waals surface area contributed by atoms with Crippen molar-refractivity contribution in [3.05, 3.63) is 35.6 Å². The number of nitrogens with one attached hydrogen (secondary N) is 1. The molecule has 1 aromatic rings. The second kappa shape index (κ2) is 4.40. The van der Waals surface area contributed by atoms with Crippen molar-refractivity contribution >= 4 is 11.9 Å². The number of amides is 1. The lowest BCUT2D eigenvalue weighted by molar-refractivity contribution is -0.142. The van der Waals surface area contributed by atoms with E-state index in [-0.39, 0.29) is 24.6 Å². The number of rotatable bonds is 3. The summed E-state index contributed by atoms with van der Waals surface area (Å²) in [6.07, 6.45) is 0.313. The average molecular weight is 251 g/mol. The van der Waals surface area contributed by atoms with Crippen LogP contribution in [0, 0.1) is 11.2 Å². The largest absolute Gasteiger partial charge is 0.480 e. The van der Waals surface area contributed by atoms with Gasteiger partial charge in [-0.2, -0.15) is 0 Å². The van der Waals surface area contributed by atoms with E-state index in [1.165, 1.54) is 6.07 Å². The molecule has 0 spiro atoms. The van der Waals surface area contributed by atoms with Gasteiger partial charge in [-0.3, -0.25) is 4.79 Å². The third kappa shape index (κ3) is 2.20. The molecule has 1 aliphatic heterocycles. The molecule has 0 saturated carbocycles. The van der Waals surface area contributed by atoms with Gasteiger partial charge >= 0.3 is 5.97 Å². The number of benzene rings is 1. The normalized spacial score (nSPS) is 27.0. The summed E-state index contributed by atoms with van der Waals surface area (Å²) >= 11 is 0. The first-order valence-corrected chi connectivity index (χ1v) is 5.68. The third-order valence-electron chi connectivity index (χ3n) is 3.37. The van der Waals surface area contributed by atoms with Gasteiger partial charge in [-0.15, -0.1) is 0 Å². The summed E-state index contributed by atoms with van der Waals surface area (Å²) in [5.41, 5.74) is -0.367. The summed E-state index contributed by atoms with van der Waals surface area (Å²) in [5.74, 6) is -1.76. The van der Waals surface area contributed by atoms with E-state index in [1.807, 2.05) is 0 Å². The van der Waals surface area contributed by atoms with Crippen LogP contribution in [-0.4, -0.2) is 23.0 Å². The smallest absolute Gasteiger partial charge is 0.326 e. The van der Waals surface area contributed by atoms with Crippen molar-refractivity contribution in [3.63, 3.8) is 0 Å². The van der Waals surface area contributed by atoms with E-state index < -0.39 is 17.4 Å². The van der Waals surface area contributed by atoms with Gasteiger partial charge in [0.2, 0.25) is 5.91 Å². The van der Waals surface area contributed by atoms with Gasteiger partial charge < -0.3 is 10.4 Å². The molecule has 2 rings (SSSR count). The van der Waals surface area contributed by atoms with Gasteiger partial charge in [-0.05, 0) is 18.1 Å². The van der Waals surface area contributed by atoms with Crippen LogP contribution in [0.5, 0.6) is 0 Å². The summed E-state index contributed by atoms with van der Waals surface area (Å²) in [6.45, 7) is 1.69. The topological polar surface area (TPSA) is 66.4 Å². The minimum absolute atomic E-state index is 0.0955. The maximum Gasteiger partial charge on any atom is 0.326 e. The molecule has 18 heavy (non-hydrogen) atoms. The molecule has 1 aromatic carbocycles. The Morgan fingerprint density at radius 1 is 1.56 bits per heavy atom. The molecule has 1 heterocycles. The summed E-state index contributed by atoms with van der Waals surface area (Å²) in [4.78, 5) is 22.5. The average Bonchev–Trinajstić information content (AvgIpc) is 2.58. The zero-order valence-corrected chi connectivity index (χ0v) is 9.94. The van der Waals surface area contributed by atoms with Crippen LogP contribution in [0.15, 0.2) is 24.3 Å². The lowest BCUT2D eigenvalue weighted by atomic mass is 9.77. The van der Waals surface area contributed by atoms with Gasteiger partial charge in [-0.25, -0.2) is 9.18 Å². The number of carboxylic acid groups (broad SMARTS) is 1. The quantitative estimate of drug-likeness (QED) is 0.852. The fourth-order valence-corrected chi connectivity index (χ4v) is 2.46. The first-order valence-electron chi connectivity index (χ1n) is 5.68. The van der Waals surface area contributed by atoms with Gasteiger partial charge in [0.05, 0.1) is 0 Å². The third-order valence-corrected chi connectivity index (χ3v) is 3.37. The molecule has 1 aliphatic rings. The first kappa shape index (κ1) is 12.5. The molecule has 4 nitrogen and oxygen atoms in total. The molecule has 2 unspecified atom stereocenters. The maximum absolute atomic E-state index is 13.6. The predicted octanol–water partition coefficient (Wildman–Crippen LogP) is 1.35. The molecule has 0 bridgehead atoms. The Balaban J connectivity index is 2.28. The zero-order chi connectivity index (χ0) is 13.3. The number of carbonyl (C=O) groups is 2. The van der Waals surface area contributed by atoms with Crippen molar-refractivity contribution in [1.29, 1.82) is 0 Å². The van der Waals surface area contributed by atoms with Crippen LogP contribution in [-0.2, 0) is 16.0 Å². The van der Waals surface area contributed by atoms with Gasteiger partial charge in [-0.1, -0.05) is 25.1 Å². The van der Waals surface area contributed by atoms with Crippen LogP contribution in [0.1, 0.15) is 18.9 Å². The van der Waals surface area contributed by atoms with Crippen LogP contribution in [0.25, 0.3) is 0 Å². The van der Waals surface area contributed by atoms with Gasteiger partial charge in [0.25, 0.3) is 0 Å². The fraction of sp³-hybridized carbons (Fsp3) is 0.385. The summed E-state index contributed by atoms with van der Waals surface area (Å²) in [5, 5.41) is 11.5. The molecule has 0 aliphatic carbocycles. The van der Waals surface area contributed by atoms with Crippen LogP contribution in [0.4, 0.5) is 4.39 Å². The molecule has 2 atom stereocenters. The molecule has 1 saturated heterocycles. The van der Waals surface area contributed by atoms with Crippen molar-refractivity contribution in [2.45, 2.75) is 25.8 Å². The SMILES string of the molecule is CC1(Cc2ccccc2F)CC(=O)NC1C(=O)O. The van der Waals surface area contributed by atoms with Crippen molar-refractivity contribution in [2.24, 2.45) is 5.41 Å². The predicted molar refractivity (Wildman–Crippen MR) is 62.4 cm³/mol. The number of halogens is 1. The highest BCUT2D eigenvalue weighted by Gasteiger charge is 2.47. The Bertz CT molecular complexity index is 503. The Kier molecular flexibility index (Phi) is 3.07. The number of aliphatic carboxylic acids is 1. The van der Waals surface area contributed by atoms with Crippen molar-refractivity contribution in [1.82, 2.24) is 5.32 Å². The fourth-order valence-electron chi connectivity index (χ4n) is 2.46.